The Hall–Kier alpha value is -0.650. The predicted molar refractivity (Wildman–Crippen MR) is 87.2 cm³/mol. The molecule has 0 bridgehead atoms. The SMILES string of the molecule is O=C(COC1CCCC1)N1C[C@@H]2[C@H](CN3CCCC3)CO[C@@H]2C1. The second-order valence-electron chi connectivity index (χ2n) is 7.82. The molecule has 130 valence electrons. The molecule has 1 amide bonds. The number of amides is 1. The van der Waals surface area contributed by atoms with E-state index in [1.165, 1.54) is 38.8 Å². The van der Waals surface area contributed by atoms with Crippen LogP contribution >= 0.6 is 0 Å². The number of carbonyl (C=O) groups is 1. The summed E-state index contributed by atoms with van der Waals surface area (Å²) in [5.74, 6) is 1.30. The maximum atomic E-state index is 12.4. The highest BCUT2D eigenvalue weighted by Crippen LogP contribution is 2.34. The van der Waals surface area contributed by atoms with E-state index in [4.69, 9.17) is 9.47 Å². The van der Waals surface area contributed by atoms with E-state index in [1.807, 2.05) is 4.90 Å². The molecule has 5 heteroatoms. The van der Waals surface area contributed by atoms with Crippen molar-refractivity contribution >= 4 is 5.91 Å². The Morgan fingerprint density at radius 1 is 1.09 bits per heavy atom. The van der Waals surface area contributed by atoms with Gasteiger partial charge in [0.05, 0.1) is 18.8 Å². The van der Waals surface area contributed by atoms with E-state index in [1.54, 1.807) is 0 Å². The van der Waals surface area contributed by atoms with Crippen molar-refractivity contribution in [3.05, 3.63) is 0 Å². The van der Waals surface area contributed by atoms with E-state index in [2.05, 4.69) is 4.90 Å². The maximum Gasteiger partial charge on any atom is 0.248 e. The van der Waals surface area contributed by atoms with Crippen molar-refractivity contribution in [2.75, 3.05) is 45.9 Å². The molecule has 3 aliphatic heterocycles. The summed E-state index contributed by atoms with van der Waals surface area (Å²) >= 11 is 0. The Morgan fingerprint density at radius 3 is 2.65 bits per heavy atom. The van der Waals surface area contributed by atoms with E-state index in [-0.39, 0.29) is 18.6 Å². The molecule has 0 aromatic rings. The molecule has 4 aliphatic rings. The Kier molecular flexibility index (Phi) is 4.88. The van der Waals surface area contributed by atoms with E-state index in [0.717, 1.165) is 39.1 Å². The minimum atomic E-state index is 0.162. The van der Waals surface area contributed by atoms with Crippen LogP contribution < -0.4 is 0 Å². The minimum Gasteiger partial charge on any atom is -0.376 e. The van der Waals surface area contributed by atoms with Crippen molar-refractivity contribution in [1.29, 1.82) is 0 Å². The highest BCUT2D eigenvalue weighted by Gasteiger charge is 2.45. The fourth-order valence-corrected chi connectivity index (χ4v) is 4.82. The number of likely N-dealkylation sites (tertiary alicyclic amines) is 2. The maximum absolute atomic E-state index is 12.4. The molecular weight excluding hydrogens is 292 g/mol. The summed E-state index contributed by atoms with van der Waals surface area (Å²) in [6.45, 7) is 6.43. The van der Waals surface area contributed by atoms with Crippen LogP contribution in [0.2, 0.25) is 0 Å². The van der Waals surface area contributed by atoms with Crippen LogP contribution in [-0.4, -0.2) is 73.9 Å². The van der Waals surface area contributed by atoms with Crippen molar-refractivity contribution in [3.8, 4) is 0 Å². The van der Waals surface area contributed by atoms with Gasteiger partial charge >= 0.3 is 0 Å². The zero-order valence-electron chi connectivity index (χ0n) is 14.1. The summed E-state index contributed by atoms with van der Waals surface area (Å²) in [6.07, 6.45) is 8.00. The zero-order valence-corrected chi connectivity index (χ0v) is 14.1. The summed E-state index contributed by atoms with van der Waals surface area (Å²) in [7, 11) is 0. The van der Waals surface area contributed by atoms with Crippen LogP contribution in [0.15, 0.2) is 0 Å². The average Bonchev–Trinajstić information content (AvgIpc) is 3.32. The molecule has 4 rings (SSSR count). The fourth-order valence-electron chi connectivity index (χ4n) is 4.82. The van der Waals surface area contributed by atoms with Crippen molar-refractivity contribution in [2.24, 2.45) is 11.8 Å². The zero-order chi connectivity index (χ0) is 15.6. The normalized spacial score (nSPS) is 35.3. The van der Waals surface area contributed by atoms with Crippen LogP contribution in [0.1, 0.15) is 38.5 Å². The Balaban J connectivity index is 1.25. The van der Waals surface area contributed by atoms with Crippen LogP contribution in [0.5, 0.6) is 0 Å². The number of hydrogen-bond acceptors (Lipinski definition) is 4. The third-order valence-electron chi connectivity index (χ3n) is 6.23. The monoisotopic (exact) mass is 322 g/mol. The molecule has 4 fully saturated rings. The lowest BCUT2D eigenvalue weighted by atomic mass is 9.93. The smallest absolute Gasteiger partial charge is 0.248 e. The topological polar surface area (TPSA) is 42.0 Å². The lowest BCUT2D eigenvalue weighted by molar-refractivity contribution is -0.137. The highest BCUT2D eigenvalue weighted by molar-refractivity contribution is 5.77. The Bertz CT molecular complexity index is 418. The molecule has 3 saturated heterocycles. The van der Waals surface area contributed by atoms with Crippen LogP contribution in [0.25, 0.3) is 0 Å². The van der Waals surface area contributed by atoms with Gasteiger partial charge in [0.1, 0.15) is 6.61 Å². The standard InChI is InChI=1S/C18H30N2O3/c21-18(13-22-15-5-1-2-6-15)20-10-16-14(12-23-17(16)11-20)9-19-7-3-4-8-19/h14-17H,1-13H2/t14-,16-,17-/m1/s1. The first kappa shape index (κ1) is 15.9. The average molecular weight is 322 g/mol. The number of nitrogens with zero attached hydrogens (tertiary/aromatic N) is 2. The van der Waals surface area contributed by atoms with Gasteiger partial charge in [0, 0.05) is 31.5 Å². The minimum absolute atomic E-state index is 0.162. The van der Waals surface area contributed by atoms with Gasteiger partial charge in [-0.3, -0.25) is 4.79 Å². The third-order valence-corrected chi connectivity index (χ3v) is 6.23. The van der Waals surface area contributed by atoms with Gasteiger partial charge in [-0.15, -0.1) is 0 Å². The first-order chi connectivity index (χ1) is 11.3. The van der Waals surface area contributed by atoms with E-state index in [0.29, 0.717) is 17.9 Å². The molecule has 3 atom stereocenters. The van der Waals surface area contributed by atoms with Gasteiger partial charge in [0.15, 0.2) is 0 Å². The Labute approximate surface area is 139 Å². The molecule has 1 saturated carbocycles. The summed E-state index contributed by atoms with van der Waals surface area (Å²) in [6, 6.07) is 0. The number of ether oxygens (including phenoxy) is 2. The number of carbonyl (C=O) groups excluding carboxylic acids is 1. The molecule has 0 N–H and O–H groups in total. The number of fused-ring (bicyclic) bond motifs is 1. The van der Waals surface area contributed by atoms with Crippen LogP contribution in [0, 0.1) is 11.8 Å². The van der Waals surface area contributed by atoms with Gasteiger partial charge in [-0.2, -0.15) is 0 Å². The predicted octanol–water partition coefficient (Wildman–Crippen LogP) is 1.51. The molecule has 0 aromatic heterocycles. The van der Waals surface area contributed by atoms with E-state index < -0.39 is 0 Å². The molecule has 0 aromatic carbocycles. The van der Waals surface area contributed by atoms with Crippen molar-refractivity contribution in [1.82, 2.24) is 9.80 Å². The quantitative estimate of drug-likeness (QED) is 0.769. The summed E-state index contributed by atoms with van der Waals surface area (Å²) < 4.78 is 11.8. The first-order valence-corrected chi connectivity index (χ1v) is 9.53. The number of rotatable bonds is 5. The second kappa shape index (κ2) is 7.08. The number of hydrogen-bond donors (Lipinski definition) is 0. The summed E-state index contributed by atoms with van der Waals surface area (Å²) in [5, 5.41) is 0. The van der Waals surface area contributed by atoms with Gasteiger partial charge in [-0.25, -0.2) is 0 Å². The molecule has 5 nitrogen and oxygen atoms in total. The molecule has 1 aliphatic carbocycles. The van der Waals surface area contributed by atoms with Gasteiger partial charge in [0.2, 0.25) is 5.91 Å². The lowest BCUT2D eigenvalue weighted by Crippen LogP contribution is -2.36. The molecule has 0 spiro atoms. The lowest BCUT2D eigenvalue weighted by Gasteiger charge is -2.24. The molecule has 0 unspecified atom stereocenters. The van der Waals surface area contributed by atoms with Gasteiger partial charge in [0.25, 0.3) is 0 Å². The molecule has 3 heterocycles. The van der Waals surface area contributed by atoms with Gasteiger partial charge < -0.3 is 19.3 Å². The fraction of sp³-hybridized carbons (Fsp3) is 0.944. The van der Waals surface area contributed by atoms with Crippen LogP contribution in [-0.2, 0) is 14.3 Å². The second-order valence-corrected chi connectivity index (χ2v) is 7.82. The van der Waals surface area contributed by atoms with Gasteiger partial charge in [-0.05, 0) is 38.8 Å². The highest BCUT2D eigenvalue weighted by atomic mass is 16.5. The first-order valence-electron chi connectivity index (χ1n) is 9.53. The summed E-state index contributed by atoms with van der Waals surface area (Å²) in [5.41, 5.74) is 0. The third kappa shape index (κ3) is 3.57. The van der Waals surface area contributed by atoms with Gasteiger partial charge in [-0.1, -0.05) is 12.8 Å². The summed E-state index contributed by atoms with van der Waals surface area (Å²) in [4.78, 5) is 17.0. The van der Waals surface area contributed by atoms with E-state index >= 15 is 0 Å². The molecule has 23 heavy (non-hydrogen) atoms. The molecular formula is C18H30N2O3. The Morgan fingerprint density at radius 2 is 1.87 bits per heavy atom. The van der Waals surface area contributed by atoms with Crippen molar-refractivity contribution in [2.45, 2.75) is 50.7 Å². The van der Waals surface area contributed by atoms with Crippen molar-refractivity contribution < 1.29 is 14.3 Å². The van der Waals surface area contributed by atoms with Crippen LogP contribution in [0.4, 0.5) is 0 Å². The largest absolute Gasteiger partial charge is 0.376 e. The van der Waals surface area contributed by atoms with E-state index in [9.17, 15) is 4.79 Å². The van der Waals surface area contributed by atoms with Crippen LogP contribution in [0.3, 0.4) is 0 Å². The molecule has 0 radical (unpaired) electrons. The van der Waals surface area contributed by atoms with Crippen molar-refractivity contribution in [3.63, 3.8) is 0 Å².